The van der Waals surface area contributed by atoms with E-state index in [0.29, 0.717) is 13.0 Å². The van der Waals surface area contributed by atoms with Crippen LogP contribution >= 0.6 is 0 Å². The second-order valence-corrected chi connectivity index (χ2v) is 4.79. The molecule has 114 valence electrons. The number of hydrogen-bond acceptors (Lipinski definition) is 3. The quantitative estimate of drug-likeness (QED) is 0.605. The van der Waals surface area contributed by atoms with Gasteiger partial charge < -0.3 is 4.74 Å². The molecule has 0 fully saturated rings. The van der Waals surface area contributed by atoms with Gasteiger partial charge in [-0.25, -0.2) is 9.18 Å². The number of carbonyl (C=O) groups excluding carboxylic acids is 1. The van der Waals surface area contributed by atoms with E-state index < -0.39 is 6.04 Å². The number of carbonyl (C=O) groups is 1. The van der Waals surface area contributed by atoms with Gasteiger partial charge in [-0.2, -0.15) is 0 Å². The summed E-state index contributed by atoms with van der Waals surface area (Å²) in [4.78, 5) is 16.4. The van der Waals surface area contributed by atoms with Crippen molar-refractivity contribution in [3.63, 3.8) is 0 Å². The summed E-state index contributed by atoms with van der Waals surface area (Å²) >= 11 is 0. The third-order valence-corrected chi connectivity index (χ3v) is 3.10. The van der Waals surface area contributed by atoms with E-state index in [1.165, 1.54) is 12.1 Å². The van der Waals surface area contributed by atoms with E-state index in [-0.39, 0.29) is 11.8 Å². The lowest BCUT2D eigenvalue weighted by molar-refractivity contribution is -0.144. The molecule has 0 aliphatic heterocycles. The maximum atomic E-state index is 13.0. The molecule has 1 unspecified atom stereocenters. The minimum absolute atomic E-state index is 0.302. The molecule has 0 radical (unpaired) electrons. The normalized spacial score (nSPS) is 12.3. The molecule has 0 aliphatic rings. The van der Waals surface area contributed by atoms with Crippen LogP contribution in [0.4, 0.5) is 4.39 Å². The number of hydrogen-bond donors (Lipinski definition) is 0. The van der Waals surface area contributed by atoms with E-state index >= 15 is 0 Å². The molecular weight excluding hydrogens is 281 g/mol. The third kappa shape index (κ3) is 4.81. The summed E-state index contributed by atoms with van der Waals surface area (Å²) in [5, 5.41) is 0. The molecule has 0 heterocycles. The van der Waals surface area contributed by atoms with Crippen LogP contribution in [0.2, 0.25) is 0 Å². The Morgan fingerprint density at radius 1 is 1.18 bits per heavy atom. The molecule has 4 heteroatoms. The smallest absolute Gasteiger partial charge is 0.331 e. The number of aliphatic imine (C=N–C) groups is 1. The fourth-order valence-corrected chi connectivity index (χ4v) is 1.99. The summed E-state index contributed by atoms with van der Waals surface area (Å²) in [5.74, 6) is -0.678. The third-order valence-electron chi connectivity index (χ3n) is 3.10. The summed E-state index contributed by atoms with van der Waals surface area (Å²) in [7, 11) is 0. The highest BCUT2D eigenvalue weighted by Gasteiger charge is 2.18. The maximum Gasteiger partial charge on any atom is 0.331 e. The molecule has 2 aromatic carbocycles. The van der Waals surface area contributed by atoms with E-state index in [1.807, 2.05) is 30.3 Å². The maximum absolute atomic E-state index is 13.0. The van der Waals surface area contributed by atoms with Crippen molar-refractivity contribution in [2.45, 2.75) is 19.4 Å². The fourth-order valence-electron chi connectivity index (χ4n) is 1.99. The zero-order valence-electron chi connectivity index (χ0n) is 12.4. The molecule has 22 heavy (non-hydrogen) atoms. The van der Waals surface area contributed by atoms with E-state index in [0.717, 1.165) is 11.1 Å². The zero-order valence-corrected chi connectivity index (χ0v) is 12.4. The Bertz CT molecular complexity index is 623. The van der Waals surface area contributed by atoms with Gasteiger partial charge in [0.1, 0.15) is 5.82 Å². The molecule has 0 N–H and O–H groups in total. The predicted octanol–water partition coefficient (Wildman–Crippen LogP) is 3.42. The van der Waals surface area contributed by atoms with E-state index in [1.54, 1.807) is 25.3 Å². The number of esters is 1. The molecule has 3 nitrogen and oxygen atoms in total. The molecule has 0 saturated carbocycles. The molecular formula is C18H18FNO2. The van der Waals surface area contributed by atoms with Gasteiger partial charge in [0, 0.05) is 12.6 Å². The van der Waals surface area contributed by atoms with Gasteiger partial charge in [-0.15, -0.1) is 0 Å². The Hall–Kier alpha value is -2.49. The van der Waals surface area contributed by atoms with Gasteiger partial charge in [0.05, 0.1) is 6.61 Å². The molecule has 0 saturated heterocycles. The van der Waals surface area contributed by atoms with E-state index in [4.69, 9.17) is 4.74 Å². The Kier molecular flexibility index (Phi) is 5.83. The van der Waals surface area contributed by atoms with Crippen LogP contribution in [-0.2, 0) is 16.0 Å². The standard InChI is InChI=1S/C18H18FNO2/c1-2-22-18(21)17(12-14-8-10-16(19)11-9-14)20-13-15-6-4-3-5-7-15/h3-11,13,17H,2,12H2,1H3. The summed E-state index contributed by atoms with van der Waals surface area (Å²) in [6, 6.07) is 15.0. The number of nitrogens with zero attached hydrogens (tertiary/aromatic N) is 1. The van der Waals surface area contributed by atoms with Crippen molar-refractivity contribution >= 4 is 12.2 Å². The number of rotatable bonds is 6. The number of halogens is 1. The highest BCUT2D eigenvalue weighted by atomic mass is 19.1. The topological polar surface area (TPSA) is 38.7 Å². The predicted molar refractivity (Wildman–Crippen MR) is 84.6 cm³/mol. The summed E-state index contributed by atoms with van der Waals surface area (Å²) in [6.07, 6.45) is 2.04. The van der Waals surface area contributed by atoms with Crippen LogP contribution in [0.15, 0.2) is 59.6 Å². The summed E-state index contributed by atoms with van der Waals surface area (Å²) in [5.41, 5.74) is 1.75. The lowest BCUT2D eigenvalue weighted by Gasteiger charge is -2.11. The van der Waals surface area contributed by atoms with Crippen molar-refractivity contribution in [2.75, 3.05) is 6.61 Å². The van der Waals surface area contributed by atoms with Crippen LogP contribution in [0.3, 0.4) is 0 Å². The van der Waals surface area contributed by atoms with Crippen molar-refractivity contribution < 1.29 is 13.9 Å². The summed E-state index contributed by atoms with van der Waals surface area (Å²) < 4.78 is 18.0. The minimum Gasteiger partial charge on any atom is -0.464 e. The zero-order chi connectivity index (χ0) is 15.8. The lowest BCUT2D eigenvalue weighted by atomic mass is 10.1. The Morgan fingerprint density at radius 3 is 2.50 bits per heavy atom. The van der Waals surface area contributed by atoms with Crippen molar-refractivity contribution in [2.24, 2.45) is 4.99 Å². The van der Waals surface area contributed by atoms with Gasteiger partial charge in [0.2, 0.25) is 0 Å². The summed E-state index contributed by atoms with van der Waals surface area (Å²) in [6.45, 7) is 2.06. The first kappa shape index (κ1) is 15.9. The second kappa shape index (κ2) is 8.08. The number of ether oxygens (including phenoxy) is 1. The van der Waals surface area contributed by atoms with Gasteiger partial charge in [0.25, 0.3) is 0 Å². The number of benzene rings is 2. The fraction of sp³-hybridized carbons (Fsp3) is 0.222. The Labute approximate surface area is 129 Å². The monoisotopic (exact) mass is 299 g/mol. The van der Waals surface area contributed by atoms with Gasteiger partial charge in [-0.1, -0.05) is 42.5 Å². The van der Waals surface area contributed by atoms with Crippen LogP contribution in [0.1, 0.15) is 18.1 Å². The average molecular weight is 299 g/mol. The van der Waals surface area contributed by atoms with E-state index in [2.05, 4.69) is 4.99 Å². The second-order valence-electron chi connectivity index (χ2n) is 4.79. The molecule has 0 bridgehead atoms. The Balaban J connectivity index is 2.13. The SMILES string of the molecule is CCOC(=O)C(Cc1ccc(F)cc1)N=Cc1ccccc1. The van der Waals surface area contributed by atoms with Gasteiger partial charge in [0.15, 0.2) is 6.04 Å². The van der Waals surface area contributed by atoms with Crippen LogP contribution < -0.4 is 0 Å². The van der Waals surface area contributed by atoms with Crippen molar-refractivity contribution in [3.05, 3.63) is 71.5 Å². The highest BCUT2D eigenvalue weighted by molar-refractivity contribution is 5.84. The largest absolute Gasteiger partial charge is 0.464 e. The molecule has 0 amide bonds. The van der Waals surface area contributed by atoms with Gasteiger partial charge in [-0.3, -0.25) is 4.99 Å². The van der Waals surface area contributed by atoms with Crippen LogP contribution in [0.5, 0.6) is 0 Å². The van der Waals surface area contributed by atoms with Crippen LogP contribution in [0, 0.1) is 5.82 Å². The molecule has 0 spiro atoms. The van der Waals surface area contributed by atoms with Crippen molar-refractivity contribution in [1.82, 2.24) is 0 Å². The first-order valence-corrected chi connectivity index (χ1v) is 7.18. The Morgan fingerprint density at radius 2 is 1.86 bits per heavy atom. The minimum atomic E-state index is -0.634. The molecule has 0 aliphatic carbocycles. The first-order chi connectivity index (χ1) is 10.7. The van der Waals surface area contributed by atoms with Crippen LogP contribution in [-0.4, -0.2) is 24.8 Å². The molecule has 2 rings (SSSR count). The van der Waals surface area contributed by atoms with Gasteiger partial charge in [-0.05, 0) is 30.2 Å². The van der Waals surface area contributed by atoms with E-state index in [9.17, 15) is 9.18 Å². The van der Waals surface area contributed by atoms with Crippen molar-refractivity contribution in [3.8, 4) is 0 Å². The highest BCUT2D eigenvalue weighted by Crippen LogP contribution is 2.10. The average Bonchev–Trinajstić information content (AvgIpc) is 2.54. The van der Waals surface area contributed by atoms with Crippen LogP contribution in [0.25, 0.3) is 0 Å². The molecule has 0 aromatic heterocycles. The first-order valence-electron chi connectivity index (χ1n) is 7.18. The van der Waals surface area contributed by atoms with Crippen molar-refractivity contribution in [1.29, 1.82) is 0 Å². The molecule has 2 aromatic rings. The van der Waals surface area contributed by atoms with Gasteiger partial charge >= 0.3 is 5.97 Å². The molecule has 1 atom stereocenters. The lowest BCUT2D eigenvalue weighted by Crippen LogP contribution is -2.24.